The normalized spacial score (nSPS) is 11.5. The summed E-state index contributed by atoms with van der Waals surface area (Å²) in [7, 11) is -3.66. The summed E-state index contributed by atoms with van der Waals surface area (Å²) in [6, 6.07) is 3.32. The van der Waals surface area contributed by atoms with Crippen LogP contribution >= 0.6 is 0 Å². The van der Waals surface area contributed by atoms with Gasteiger partial charge in [-0.05, 0) is 31.5 Å². The maximum atomic E-state index is 13.2. The highest BCUT2D eigenvalue weighted by Crippen LogP contribution is 2.18. The van der Waals surface area contributed by atoms with Crippen LogP contribution in [0.2, 0.25) is 0 Å². The molecule has 1 aromatic carbocycles. The predicted molar refractivity (Wildman–Crippen MR) is 62.1 cm³/mol. The van der Waals surface area contributed by atoms with E-state index >= 15 is 0 Å². The fourth-order valence-corrected chi connectivity index (χ4v) is 2.42. The molecule has 0 bridgehead atoms. The van der Waals surface area contributed by atoms with Gasteiger partial charge in [0.05, 0.1) is 11.4 Å². The van der Waals surface area contributed by atoms with E-state index in [1.54, 1.807) is 0 Å². The van der Waals surface area contributed by atoms with Crippen molar-refractivity contribution in [1.82, 2.24) is 0 Å². The van der Waals surface area contributed by atoms with Crippen LogP contribution in [-0.2, 0) is 10.0 Å². The number of unbranched alkanes of at least 4 members (excludes halogenated alkanes) is 1. The lowest BCUT2D eigenvalue weighted by Crippen LogP contribution is -2.18. The van der Waals surface area contributed by atoms with E-state index in [1.807, 2.05) is 4.72 Å². The summed E-state index contributed by atoms with van der Waals surface area (Å²) in [5.41, 5.74) is 4.85. The topological polar surface area (TPSA) is 72.2 Å². The summed E-state index contributed by atoms with van der Waals surface area (Å²) in [6.07, 6.45) is 0.940. The van der Waals surface area contributed by atoms with Gasteiger partial charge in [-0.25, -0.2) is 17.2 Å². The molecule has 4 nitrogen and oxygen atoms in total. The Morgan fingerprint density at radius 1 is 1.24 bits per heavy atom. The molecule has 7 heteroatoms. The Morgan fingerprint density at radius 2 is 1.94 bits per heavy atom. The number of benzene rings is 1. The number of nitrogens with two attached hydrogens (primary N) is 1. The van der Waals surface area contributed by atoms with Crippen LogP contribution in [0.5, 0.6) is 0 Å². The van der Waals surface area contributed by atoms with E-state index in [2.05, 4.69) is 0 Å². The van der Waals surface area contributed by atoms with Crippen LogP contribution in [0.15, 0.2) is 18.2 Å². The van der Waals surface area contributed by atoms with Crippen molar-refractivity contribution in [2.75, 3.05) is 17.0 Å². The van der Waals surface area contributed by atoms with Gasteiger partial charge in [-0.1, -0.05) is 6.07 Å². The molecule has 0 aliphatic heterocycles. The molecule has 96 valence electrons. The number of anilines is 1. The Balaban J connectivity index is 2.73. The fraction of sp³-hybridized carbons (Fsp3) is 0.400. The summed E-state index contributed by atoms with van der Waals surface area (Å²) < 4.78 is 51.0. The zero-order valence-corrected chi connectivity index (χ0v) is 9.93. The number of sulfonamides is 1. The molecule has 1 aromatic rings. The van der Waals surface area contributed by atoms with Crippen molar-refractivity contribution in [3.63, 3.8) is 0 Å². The molecule has 0 saturated heterocycles. The lowest BCUT2D eigenvalue weighted by molar-refractivity contribution is 0.511. The SMILES string of the molecule is NCCCCS(=O)(=O)Nc1cccc(F)c1F. The van der Waals surface area contributed by atoms with Gasteiger partial charge in [-0.15, -0.1) is 0 Å². The van der Waals surface area contributed by atoms with Gasteiger partial charge in [0.15, 0.2) is 11.6 Å². The molecule has 0 unspecified atom stereocenters. The third-order valence-electron chi connectivity index (χ3n) is 2.08. The smallest absolute Gasteiger partial charge is 0.232 e. The minimum atomic E-state index is -3.66. The van der Waals surface area contributed by atoms with Crippen LogP contribution < -0.4 is 10.5 Å². The number of halogens is 2. The average molecular weight is 264 g/mol. The van der Waals surface area contributed by atoms with E-state index in [9.17, 15) is 17.2 Å². The summed E-state index contributed by atoms with van der Waals surface area (Å²) in [6.45, 7) is 0.393. The van der Waals surface area contributed by atoms with Crippen molar-refractivity contribution in [3.8, 4) is 0 Å². The Kier molecular flexibility index (Phi) is 4.83. The number of hydrogen-bond donors (Lipinski definition) is 2. The number of rotatable bonds is 6. The second kappa shape index (κ2) is 5.92. The average Bonchev–Trinajstić information content (AvgIpc) is 2.25. The van der Waals surface area contributed by atoms with Crippen molar-refractivity contribution in [2.24, 2.45) is 5.73 Å². The van der Waals surface area contributed by atoms with Gasteiger partial charge >= 0.3 is 0 Å². The summed E-state index contributed by atoms with van der Waals surface area (Å²) in [4.78, 5) is 0. The van der Waals surface area contributed by atoms with Crippen LogP contribution in [0.1, 0.15) is 12.8 Å². The summed E-state index contributed by atoms with van der Waals surface area (Å²) in [5.74, 6) is -2.46. The molecule has 0 spiro atoms. The zero-order chi connectivity index (χ0) is 12.9. The Hall–Kier alpha value is -1.21. The first-order valence-electron chi connectivity index (χ1n) is 5.11. The minimum absolute atomic E-state index is 0.167. The lowest BCUT2D eigenvalue weighted by atomic mass is 10.3. The fourth-order valence-electron chi connectivity index (χ4n) is 1.24. The van der Waals surface area contributed by atoms with E-state index in [1.165, 1.54) is 12.1 Å². The highest BCUT2D eigenvalue weighted by Gasteiger charge is 2.14. The standard InChI is InChI=1S/C10H14F2N2O2S/c11-8-4-3-5-9(10(8)12)14-17(15,16)7-2-1-6-13/h3-5,14H,1-2,6-7,13H2. The molecular weight excluding hydrogens is 250 g/mol. The summed E-state index contributed by atoms with van der Waals surface area (Å²) in [5, 5.41) is 0. The molecule has 0 fully saturated rings. The van der Waals surface area contributed by atoms with E-state index < -0.39 is 21.7 Å². The van der Waals surface area contributed by atoms with Crippen molar-refractivity contribution in [3.05, 3.63) is 29.8 Å². The minimum Gasteiger partial charge on any atom is -0.330 e. The highest BCUT2D eigenvalue weighted by molar-refractivity contribution is 7.92. The van der Waals surface area contributed by atoms with Crippen LogP contribution in [0.25, 0.3) is 0 Å². The third kappa shape index (κ3) is 4.27. The largest absolute Gasteiger partial charge is 0.330 e. The van der Waals surface area contributed by atoms with E-state index in [0.717, 1.165) is 6.07 Å². The van der Waals surface area contributed by atoms with Gasteiger partial charge in [0.25, 0.3) is 0 Å². The first-order valence-corrected chi connectivity index (χ1v) is 6.76. The third-order valence-corrected chi connectivity index (χ3v) is 3.44. The van der Waals surface area contributed by atoms with Crippen molar-refractivity contribution in [1.29, 1.82) is 0 Å². The predicted octanol–water partition coefficient (Wildman–Crippen LogP) is 1.45. The van der Waals surface area contributed by atoms with Crippen molar-refractivity contribution in [2.45, 2.75) is 12.8 Å². The molecule has 3 N–H and O–H groups in total. The molecule has 0 heterocycles. The van der Waals surface area contributed by atoms with Gasteiger partial charge in [-0.3, -0.25) is 4.72 Å². The monoisotopic (exact) mass is 264 g/mol. The van der Waals surface area contributed by atoms with E-state index in [4.69, 9.17) is 5.73 Å². The van der Waals surface area contributed by atoms with Crippen LogP contribution in [0.3, 0.4) is 0 Å². The lowest BCUT2D eigenvalue weighted by Gasteiger charge is -2.08. The molecule has 0 saturated carbocycles. The molecule has 0 amide bonds. The van der Waals surface area contributed by atoms with Crippen molar-refractivity contribution < 1.29 is 17.2 Å². The number of hydrogen-bond acceptors (Lipinski definition) is 3. The van der Waals surface area contributed by atoms with E-state index in [0.29, 0.717) is 19.4 Å². The van der Waals surface area contributed by atoms with E-state index in [-0.39, 0.29) is 11.4 Å². The second-order valence-corrected chi connectivity index (χ2v) is 5.36. The van der Waals surface area contributed by atoms with Gasteiger partial charge < -0.3 is 5.73 Å². The molecule has 0 aliphatic carbocycles. The second-order valence-electron chi connectivity index (χ2n) is 3.52. The molecular formula is C10H14F2N2O2S. The molecule has 0 aliphatic rings. The van der Waals surface area contributed by atoms with Crippen LogP contribution in [0.4, 0.5) is 14.5 Å². The summed E-state index contributed by atoms with van der Waals surface area (Å²) >= 11 is 0. The van der Waals surface area contributed by atoms with Gasteiger partial charge in [0.2, 0.25) is 10.0 Å². The molecule has 0 atom stereocenters. The molecule has 0 aromatic heterocycles. The quantitative estimate of drug-likeness (QED) is 0.764. The Labute approximate surface area is 98.9 Å². The van der Waals surface area contributed by atoms with Crippen molar-refractivity contribution >= 4 is 15.7 Å². The van der Waals surface area contributed by atoms with Gasteiger partial charge in [0.1, 0.15) is 0 Å². The van der Waals surface area contributed by atoms with Gasteiger partial charge in [0, 0.05) is 0 Å². The maximum Gasteiger partial charge on any atom is 0.232 e. The van der Waals surface area contributed by atoms with Gasteiger partial charge in [-0.2, -0.15) is 0 Å². The molecule has 0 radical (unpaired) electrons. The molecule has 17 heavy (non-hydrogen) atoms. The molecule has 1 rings (SSSR count). The zero-order valence-electron chi connectivity index (χ0n) is 9.12. The van der Waals surface area contributed by atoms with Crippen LogP contribution in [0, 0.1) is 11.6 Å². The number of nitrogens with one attached hydrogen (secondary N) is 1. The first kappa shape index (κ1) is 13.9. The van der Waals surface area contributed by atoms with Crippen LogP contribution in [-0.4, -0.2) is 20.7 Å². The maximum absolute atomic E-state index is 13.2. The Morgan fingerprint density at radius 3 is 2.59 bits per heavy atom. The Bertz CT molecular complexity index is 477. The highest BCUT2D eigenvalue weighted by atomic mass is 32.2. The first-order chi connectivity index (χ1) is 7.96.